The Bertz CT molecular complexity index is 1000. The number of nitrogens with one attached hydrogen (secondary N) is 2. The van der Waals surface area contributed by atoms with Gasteiger partial charge in [-0.3, -0.25) is 4.79 Å². The molecule has 2 fully saturated rings. The number of alkyl halides is 3. The molecule has 1 aliphatic carbocycles. The van der Waals surface area contributed by atoms with Crippen LogP contribution in [0.5, 0.6) is 0 Å². The number of fused-ring (bicyclic) bond motifs is 1. The van der Waals surface area contributed by atoms with E-state index in [9.17, 15) is 31.2 Å². The Balaban J connectivity index is 1.69. The van der Waals surface area contributed by atoms with E-state index in [0.29, 0.717) is 25.3 Å². The van der Waals surface area contributed by atoms with Gasteiger partial charge in [-0.05, 0) is 49.3 Å². The zero-order valence-electron chi connectivity index (χ0n) is 19.1. The minimum atomic E-state index is -4.64. The van der Waals surface area contributed by atoms with Crippen LogP contribution in [0.3, 0.4) is 0 Å². The van der Waals surface area contributed by atoms with E-state index in [1.54, 1.807) is 0 Å². The molecule has 2 amide bonds. The van der Waals surface area contributed by atoms with Gasteiger partial charge < -0.3 is 15.4 Å². The molecule has 190 valence electrons. The third-order valence-electron chi connectivity index (χ3n) is 6.59. The van der Waals surface area contributed by atoms with Crippen LogP contribution in [0.25, 0.3) is 0 Å². The molecule has 12 heteroatoms. The average Bonchev–Trinajstić information content (AvgIpc) is 3.38. The van der Waals surface area contributed by atoms with Gasteiger partial charge in [-0.2, -0.15) is 17.5 Å². The Kier molecular flexibility index (Phi) is 8.12. The van der Waals surface area contributed by atoms with Crippen LogP contribution in [0.4, 0.5) is 18.0 Å². The van der Waals surface area contributed by atoms with Crippen molar-refractivity contribution in [2.75, 3.05) is 20.2 Å². The normalized spacial score (nSPS) is 23.9. The van der Waals surface area contributed by atoms with Crippen LogP contribution in [0.1, 0.15) is 44.6 Å². The van der Waals surface area contributed by atoms with Crippen LogP contribution in [-0.4, -0.2) is 57.0 Å². The summed E-state index contributed by atoms with van der Waals surface area (Å²) in [6.07, 6.45) is -2.00. The second kappa shape index (κ2) is 10.5. The summed E-state index contributed by atoms with van der Waals surface area (Å²) in [4.78, 5) is 24.1. The largest absolute Gasteiger partial charge is 0.453 e. The number of hydrogen-bond donors (Lipinski definition) is 2. The van der Waals surface area contributed by atoms with Crippen molar-refractivity contribution in [1.29, 1.82) is 0 Å². The van der Waals surface area contributed by atoms with Gasteiger partial charge in [-0.1, -0.05) is 25.8 Å². The molecular formula is C22H30F3N3O5S. The van der Waals surface area contributed by atoms with E-state index >= 15 is 0 Å². The van der Waals surface area contributed by atoms with Gasteiger partial charge in [0.25, 0.3) is 0 Å². The number of alkyl carbamates (subject to hydrolysis) is 1. The molecule has 3 rings (SSSR count). The Morgan fingerprint density at radius 3 is 2.62 bits per heavy atom. The van der Waals surface area contributed by atoms with Gasteiger partial charge in [0.15, 0.2) is 0 Å². The average molecular weight is 506 g/mol. The highest BCUT2D eigenvalue weighted by Gasteiger charge is 2.47. The molecule has 1 saturated carbocycles. The van der Waals surface area contributed by atoms with Gasteiger partial charge in [0, 0.05) is 19.1 Å². The minimum Gasteiger partial charge on any atom is -0.453 e. The molecule has 0 aromatic heterocycles. The summed E-state index contributed by atoms with van der Waals surface area (Å²) in [5.74, 6) is -0.522. The molecule has 34 heavy (non-hydrogen) atoms. The first kappa shape index (κ1) is 26.3. The first-order valence-electron chi connectivity index (χ1n) is 11.3. The maximum Gasteiger partial charge on any atom is 0.416 e. The van der Waals surface area contributed by atoms with Gasteiger partial charge in [-0.15, -0.1) is 0 Å². The molecule has 1 aromatic rings. The van der Waals surface area contributed by atoms with Crippen molar-refractivity contribution in [2.24, 2.45) is 11.8 Å². The molecule has 1 aromatic carbocycles. The Hall–Kier alpha value is -2.34. The highest BCUT2D eigenvalue weighted by Crippen LogP contribution is 2.40. The smallest absolute Gasteiger partial charge is 0.416 e. The number of methoxy groups -OCH3 is 1. The second-order valence-corrected chi connectivity index (χ2v) is 10.7. The van der Waals surface area contributed by atoms with Crippen molar-refractivity contribution < 1.29 is 35.9 Å². The molecular weight excluding hydrogens is 475 g/mol. The van der Waals surface area contributed by atoms with Crippen molar-refractivity contribution in [3.05, 3.63) is 29.8 Å². The van der Waals surface area contributed by atoms with Crippen molar-refractivity contribution in [3.63, 3.8) is 0 Å². The van der Waals surface area contributed by atoms with Gasteiger partial charge >= 0.3 is 12.3 Å². The standard InChI is InChI=1S/C22H30F3N3O5S/c1-3-4-8-19(27-21(30)33-2)20(29)26-18-10-9-14-12-28(13-17(14)18)34(31,32)16-7-5-6-15(11-16)22(23,24)25/h5-7,11,14,17-19H,3-4,8-10,12-13H2,1-2H3,(H,26,29)(H,27,30)/t14-,17+,18+,19+/m1/s1. The fraction of sp³-hybridized carbons (Fsp3) is 0.636. The molecule has 8 nitrogen and oxygen atoms in total. The van der Waals surface area contributed by atoms with Crippen LogP contribution in [0, 0.1) is 11.8 Å². The van der Waals surface area contributed by atoms with E-state index in [-0.39, 0.29) is 36.9 Å². The maximum absolute atomic E-state index is 13.1. The number of amides is 2. The number of benzene rings is 1. The molecule has 0 radical (unpaired) electrons. The maximum atomic E-state index is 13.1. The fourth-order valence-corrected chi connectivity index (χ4v) is 6.32. The van der Waals surface area contributed by atoms with Crippen LogP contribution < -0.4 is 10.6 Å². The highest BCUT2D eigenvalue weighted by molar-refractivity contribution is 7.89. The molecule has 1 saturated heterocycles. The van der Waals surface area contributed by atoms with E-state index in [4.69, 9.17) is 0 Å². The van der Waals surface area contributed by atoms with E-state index in [1.807, 2.05) is 6.92 Å². The summed E-state index contributed by atoms with van der Waals surface area (Å²) in [5, 5.41) is 5.49. The number of hydrogen-bond acceptors (Lipinski definition) is 5. The van der Waals surface area contributed by atoms with E-state index in [0.717, 1.165) is 31.0 Å². The van der Waals surface area contributed by atoms with Crippen molar-refractivity contribution >= 4 is 22.0 Å². The zero-order chi connectivity index (χ0) is 25.1. The lowest BCUT2D eigenvalue weighted by atomic mass is 9.97. The summed E-state index contributed by atoms with van der Waals surface area (Å²) >= 11 is 0. The summed E-state index contributed by atoms with van der Waals surface area (Å²) in [5.41, 5.74) is -1.02. The number of sulfonamides is 1. The number of halogens is 3. The molecule has 2 aliphatic rings. The number of rotatable bonds is 8. The predicted octanol–water partition coefficient (Wildman–Crippen LogP) is 3.14. The molecule has 1 heterocycles. The van der Waals surface area contributed by atoms with Gasteiger partial charge in [0.2, 0.25) is 15.9 Å². The fourth-order valence-electron chi connectivity index (χ4n) is 4.74. The summed E-state index contributed by atoms with van der Waals surface area (Å²) in [6, 6.07) is 2.68. The van der Waals surface area contributed by atoms with Crippen LogP contribution in [-0.2, 0) is 25.7 Å². The lowest BCUT2D eigenvalue weighted by Gasteiger charge is -2.25. The SMILES string of the molecule is CCCC[C@H](NC(=O)OC)C(=O)N[C@H]1CC[C@@H]2CN(S(=O)(=O)c3cccc(C(F)(F)F)c3)C[C@@H]21. The number of ether oxygens (including phenoxy) is 1. The van der Waals surface area contributed by atoms with Crippen molar-refractivity contribution in [1.82, 2.24) is 14.9 Å². The Morgan fingerprint density at radius 1 is 1.24 bits per heavy atom. The third kappa shape index (κ3) is 5.83. The minimum absolute atomic E-state index is 0.00599. The lowest BCUT2D eigenvalue weighted by Crippen LogP contribution is -2.51. The topological polar surface area (TPSA) is 105 Å². The second-order valence-electron chi connectivity index (χ2n) is 8.79. The Morgan fingerprint density at radius 2 is 1.97 bits per heavy atom. The summed E-state index contributed by atoms with van der Waals surface area (Å²) in [7, 11) is -2.90. The van der Waals surface area contributed by atoms with Crippen molar-refractivity contribution in [2.45, 2.75) is 62.2 Å². The number of nitrogens with zero attached hydrogens (tertiary/aromatic N) is 1. The summed E-state index contributed by atoms with van der Waals surface area (Å²) < 4.78 is 71.1. The molecule has 2 N–H and O–H groups in total. The first-order chi connectivity index (χ1) is 16.0. The quantitative estimate of drug-likeness (QED) is 0.565. The van der Waals surface area contributed by atoms with Crippen LogP contribution in [0.2, 0.25) is 0 Å². The summed E-state index contributed by atoms with van der Waals surface area (Å²) in [6.45, 7) is 2.26. The van der Waals surface area contributed by atoms with Crippen molar-refractivity contribution in [3.8, 4) is 0 Å². The highest BCUT2D eigenvalue weighted by atomic mass is 32.2. The van der Waals surface area contributed by atoms with E-state index < -0.39 is 38.8 Å². The third-order valence-corrected chi connectivity index (χ3v) is 8.42. The zero-order valence-corrected chi connectivity index (χ0v) is 19.9. The monoisotopic (exact) mass is 505 g/mol. The van der Waals surface area contributed by atoms with Crippen LogP contribution >= 0.6 is 0 Å². The Labute approximate surface area is 197 Å². The van der Waals surface area contributed by atoms with Gasteiger partial charge in [0.05, 0.1) is 17.6 Å². The van der Waals surface area contributed by atoms with E-state index in [2.05, 4.69) is 15.4 Å². The number of unbranched alkanes of at least 4 members (excludes halogenated alkanes) is 1. The molecule has 4 atom stereocenters. The number of carbonyl (C=O) groups is 2. The van der Waals surface area contributed by atoms with Gasteiger partial charge in [-0.25, -0.2) is 13.2 Å². The van der Waals surface area contributed by atoms with Gasteiger partial charge in [0.1, 0.15) is 6.04 Å². The van der Waals surface area contributed by atoms with E-state index in [1.165, 1.54) is 11.4 Å². The molecule has 1 aliphatic heterocycles. The lowest BCUT2D eigenvalue weighted by molar-refractivity contribution is -0.137. The first-order valence-corrected chi connectivity index (χ1v) is 12.7. The number of carbonyl (C=O) groups excluding carboxylic acids is 2. The molecule has 0 unspecified atom stereocenters. The van der Waals surface area contributed by atoms with Crippen LogP contribution in [0.15, 0.2) is 29.2 Å². The molecule has 0 spiro atoms. The predicted molar refractivity (Wildman–Crippen MR) is 117 cm³/mol. The molecule has 0 bridgehead atoms.